The summed E-state index contributed by atoms with van der Waals surface area (Å²) in [4.78, 5) is 38.0. The van der Waals surface area contributed by atoms with Crippen LogP contribution in [0.1, 0.15) is 265 Å². The van der Waals surface area contributed by atoms with Gasteiger partial charge in [-0.2, -0.15) is 0 Å². The highest BCUT2D eigenvalue weighted by Crippen LogP contribution is 2.14. The van der Waals surface area contributed by atoms with E-state index in [2.05, 4.69) is 81.5 Å². The van der Waals surface area contributed by atoms with Gasteiger partial charge in [0.1, 0.15) is 13.2 Å². The molecule has 0 aromatic heterocycles. The topological polar surface area (TPSA) is 78.9 Å². The molecule has 0 aliphatic carbocycles. The Morgan fingerprint density at radius 2 is 0.571 bits per heavy atom. The van der Waals surface area contributed by atoms with Crippen LogP contribution < -0.4 is 0 Å². The molecule has 0 aromatic carbocycles. The summed E-state index contributed by atoms with van der Waals surface area (Å²) >= 11 is 0. The molecule has 6 nitrogen and oxygen atoms in total. The zero-order chi connectivity index (χ0) is 45.8. The highest BCUT2D eigenvalue weighted by Gasteiger charge is 2.19. The van der Waals surface area contributed by atoms with Gasteiger partial charge in [-0.1, -0.05) is 197 Å². The summed E-state index contributed by atoms with van der Waals surface area (Å²) in [7, 11) is 0. The van der Waals surface area contributed by atoms with Crippen LogP contribution in [0.25, 0.3) is 0 Å². The number of hydrogen-bond donors (Lipinski definition) is 0. The van der Waals surface area contributed by atoms with Crippen LogP contribution in [0.15, 0.2) is 60.8 Å². The van der Waals surface area contributed by atoms with Gasteiger partial charge in [0.2, 0.25) is 0 Å². The molecule has 1 unspecified atom stereocenters. The number of carbonyl (C=O) groups is 3. The van der Waals surface area contributed by atoms with Crippen molar-refractivity contribution in [3.63, 3.8) is 0 Å². The predicted molar refractivity (Wildman–Crippen MR) is 270 cm³/mol. The SMILES string of the molecule is CCCCCC=CCC=CCC=CCCCCC(=O)OCC(COC(=O)CCCCCCCC=CCCCCCCCC)OC(=O)CCCCCCCC=CCCCCCCCC. The Hall–Kier alpha value is -2.89. The van der Waals surface area contributed by atoms with Crippen LogP contribution in [-0.2, 0) is 28.6 Å². The van der Waals surface area contributed by atoms with Crippen molar-refractivity contribution in [1.29, 1.82) is 0 Å². The smallest absolute Gasteiger partial charge is 0.306 e. The molecule has 0 rings (SSSR count). The van der Waals surface area contributed by atoms with Gasteiger partial charge in [0.15, 0.2) is 6.10 Å². The lowest BCUT2D eigenvalue weighted by atomic mass is 10.1. The molecule has 0 bridgehead atoms. The number of rotatable bonds is 48. The fourth-order valence-electron chi connectivity index (χ4n) is 7.38. The van der Waals surface area contributed by atoms with Crippen molar-refractivity contribution in [3.8, 4) is 0 Å². The minimum absolute atomic E-state index is 0.0935. The summed E-state index contributed by atoms with van der Waals surface area (Å²) in [5.41, 5.74) is 0. The molecule has 0 saturated carbocycles. The predicted octanol–water partition coefficient (Wildman–Crippen LogP) is 17.6. The van der Waals surface area contributed by atoms with Crippen molar-refractivity contribution < 1.29 is 28.6 Å². The van der Waals surface area contributed by atoms with Gasteiger partial charge >= 0.3 is 17.9 Å². The summed E-state index contributed by atoms with van der Waals surface area (Å²) in [5.74, 6) is -0.944. The lowest BCUT2D eigenvalue weighted by molar-refractivity contribution is -0.167. The molecule has 1 atom stereocenters. The maximum absolute atomic E-state index is 12.8. The van der Waals surface area contributed by atoms with Crippen LogP contribution in [0.4, 0.5) is 0 Å². The summed E-state index contributed by atoms with van der Waals surface area (Å²) < 4.78 is 16.8. The Labute approximate surface area is 390 Å². The molecular weight excluding hydrogens is 781 g/mol. The lowest BCUT2D eigenvalue weighted by Crippen LogP contribution is -2.30. The average Bonchev–Trinajstić information content (AvgIpc) is 3.28. The first-order chi connectivity index (χ1) is 31.0. The van der Waals surface area contributed by atoms with Gasteiger partial charge in [0.05, 0.1) is 0 Å². The van der Waals surface area contributed by atoms with Gasteiger partial charge in [-0.3, -0.25) is 14.4 Å². The van der Waals surface area contributed by atoms with Crippen molar-refractivity contribution in [2.75, 3.05) is 13.2 Å². The molecule has 0 radical (unpaired) electrons. The van der Waals surface area contributed by atoms with Crippen molar-refractivity contribution in [1.82, 2.24) is 0 Å². The maximum atomic E-state index is 12.8. The van der Waals surface area contributed by atoms with Crippen LogP contribution in [0.3, 0.4) is 0 Å². The van der Waals surface area contributed by atoms with E-state index in [1.54, 1.807) is 0 Å². The number of hydrogen-bond acceptors (Lipinski definition) is 6. The molecule has 6 heteroatoms. The monoisotopic (exact) mass is 881 g/mol. The van der Waals surface area contributed by atoms with Crippen LogP contribution in [0.2, 0.25) is 0 Å². The van der Waals surface area contributed by atoms with E-state index in [4.69, 9.17) is 14.2 Å². The molecule has 63 heavy (non-hydrogen) atoms. The van der Waals surface area contributed by atoms with Crippen LogP contribution in [0, 0.1) is 0 Å². The Balaban J connectivity index is 4.46. The van der Waals surface area contributed by atoms with Crippen molar-refractivity contribution in [2.45, 2.75) is 271 Å². The van der Waals surface area contributed by atoms with Gasteiger partial charge in [-0.15, -0.1) is 0 Å². The van der Waals surface area contributed by atoms with Crippen molar-refractivity contribution in [2.24, 2.45) is 0 Å². The summed E-state index contributed by atoms with van der Waals surface area (Å²) in [6.07, 6.45) is 63.4. The lowest BCUT2D eigenvalue weighted by Gasteiger charge is -2.18. The third-order valence-corrected chi connectivity index (χ3v) is 11.5. The zero-order valence-corrected chi connectivity index (χ0v) is 41.6. The van der Waals surface area contributed by atoms with E-state index in [1.807, 2.05) is 0 Å². The number of carbonyl (C=O) groups excluding carboxylic acids is 3. The van der Waals surface area contributed by atoms with Gasteiger partial charge in [0.25, 0.3) is 0 Å². The van der Waals surface area contributed by atoms with Crippen molar-refractivity contribution in [3.05, 3.63) is 60.8 Å². The van der Waals surface area contributed by atoms with E-state index >= 15 is 0 Å². The fraction of sp³-hybridized carbons (Fsp3) is 0.772. The zero-order valence-electron chi connectivity index (χ0n) is 41.6. The molecule has 0 aromatic rings. The third kappa shape index (κ3) is 50.0. The minimum atomic E-state index is -0.796. The van der Waals surface area contributed by atoms with E-state index in [0.29, 0.717) is 19.3 Å². The molecule has 0 spiro atoms. The Bertz CT molecular complexity index is 1150. The first-order valence-corrected chi connectivity index (χ1v) is 26.8. The quantitative estimate of drug-likeness (QED) is 0.0262. The molecule has 0 aliphatic heterocycles. The number of esters is 3. The average molecular weight is 881 g/mol. The third-order valence-electron chi connectivity index (χ3n) is 11.5. The first-order valence-electron chi connectivity index (χ1n) is 26.8. The molecule has 0 amide bonds. The molecule has 364 valence electrons. The standard InChI is InChI=1S/C57H100O6/c1-4-7-10-13-16-19-22-25-28-31-34-37-40-43-46-49-55(58)61-52-54(63-57(60)51-48-45-42-39-36-33-30-27-24-21-18-15-12-9-6-3)53-62-56(59)50-47-44-41-38-35-32-29-26-23-20-17-14-11-8-5-2/h16,19,25-30,34,37,54H,4-15,17-18,20-24,31-33,35-36,38-53H2,1-3H3. The molecule has 0 aliphatic rings. The van der Waals surface area contributed by atoms with Gasteiger partial charge in [-0.25, -0.2) is 0 Å². The highest BCUT2D eigenvalue weighted by molar-refractivity contribution is 5.71. The Morgan fingerprint density at radius 1 is 0.317 bits per heavy atom. The summed E-state index contributed by atoms with van der Waals surface area (Å²) in [6, 6.07) is 0. The van der Waals surface area contributed by atoms with E-state index in [9.17, 15) is 14.4 Å². The number of allylic oxidation sites excluding steroid dienone is 10. The van der Waals surface area contributed by atoms with E-state index in [1.165, 1.54) is 135 Å². The number of ether oxygens (including phenoxy) is 3. The second-order valence-corrected chi connectivity index (χ2v) is 17.8. The molecule has 0 heterocycles. The molecule has 0 saturated heterocycles. The molecule has 0 fully saturated rings. The Kier molecular flexibility index (Phi) is 49.4. The van der Waals surface area contributed by atoms with E-state index in [-0.39, 0.29) is 31.1 Å². The van der Waals surface area contributed by atoms with Gasteiger partial charge in [-0.05, 0) is 109 Å². The number of unbranched alkanes of at least 4 members (excludes halogenated alkanes) is 27. The summed E-state index contributed by atoms with van der Waals surface area (Å²) in [6.45, 7) is 6.56. The largest absolute Gasteiger partial charge is 0.462 e. The van der Waals surface area contributed by atoms with Gasteiger partial charge in [0, 0.05) is 19.3 Å². The maximum Gasteiger partial charge on any atom is 0.306 e. The van der Waals surface area contributed by atoms with E-state index in [0.717, 1.165) is 89.9 Å². The minimum Gasteiger partial charge on any atom is -0.462 e. The van der Waals surface area contributed by atoms with Crippen LogP contribution in [-0.4, -0.2) is 37.2 Å². The Morgan fingerprint density at radius 3 is 0.968 bits per heavy atom. The normalized spacial score (nSPS) is 12.5. The fourth-order valence-corrected chi connectivity index (χ4v) is 7.38. The second-order valence-electron chi connectivity index (χ2n) is 17.8. The second kappa shape index (κ2) is 51.7. The van der Waals surface area contributed by atoms with Crippen LogP contribution in [0.5, 0.6) is 0 Å². The molecule has 0 N–H and O–H groups in total. The first kappa shape index (κ1) is 60.1. The van der Waals surface area contributed by atoms with Crippen LogP contribution >= 0.6 is 0 Å². The molecular formula is C57H100O6. The van der Waals surface area contributed by atoms with Gasteiger partial charge < -0.3 is 14.2 Å². The summed E-state index contributed by atoms with van der Waals surface area (Å²) in [5, 5.41) is 0. The van der Waals surface area contributed by atoms with Crippen molar-refractivity contribution >= 4 is 17.9 Å². The van der Waals surface area contributed by atoms with E-state index < -0.39 is 6.10 Å². The highest BCUT2D eigenvalue weighted by atomic mass is 16.6.